The Kier molecular flexibility index (Phi) is 5.59. The highest BCUT2D eigenvalue weighted by molar-refractivity contribution is 6.30. The quantitative estimate of drug-likeness (QED) is 0.809. The smallest absolute Gasteiger partial charge is 0.166 e. The Balaban J connectivity index is 2.00. The van der Waals surface area contributed by atoms with Crippen LogP contribution < -0.4 is 10.1 Å². The van der Waals surface area contributed by atoms with Crippen LogP contribution in [0, 0.1) is 11.7 Å². The van der Waals surface area contributed by atoms with Crippen molar-refractivity contribution in [1.82, 2.24) is 5.32 Å². The predicted molar refractivity (Wildman–Crippen MR) is 84.5 cm³/mol. The third-order valence-corrected chi connectivity index (χ3v) is 3.17. The van der Waals surface area contributed by atoms with E-state index in [0.29, 0.717) is 23.2 Å². The summed E-state index contributed by atoms with van der Waals surface area (Å²) < 4.78 is 19.5. The molecule has 2 aromatic rings. The van der Waals surface area contributed by atoms with Gasteiger partial charge in [-0.25, -0.2) is 4.39 Å². The van der Waals surface area contributed by atoms with Gasteiger partial charge >= 0.3 is 0 Å². The van der Waals surface area contributed by atoms with Gasteiger partial charge in [0, 0.05) is 11.6 Å². The van der Waals surface area contributed by atoms with Crippen molar-refractivity contribution < 1.29 is 9.13 Å². The van der Waals surface area contributed by atoms with E-state index < -0.39 is 0 Å². The molecule has 4 heteroatoms. The molecule has 0 fully saturated rings. The van der Waals surface area contributed by atoms with E-state index in [-0.39, 0.29) is 11.6 Å². The van der Waals surface area contributed by atoms with Gasteiger partial charge in [0.2, 0.25) is 0 Å². The van der Waals surface area contributed by atoms with Crippen molar-refractivity contribution in [3.63, 3.8) is 0 Å². The van der Waals surface area contributed by atoms with Crippen LogP contribution in [0.3, 0.4) is 0 Å². The fourth-order valence-electron chi connectivity index (χ4n) is 1.87. The van der Waals surface area contributed by atoms with Gasteiger partial charge in [-0.05, 0) is 54.4 Å². The van der Waals surface area contributed by atoms with Crippen molar-refractivity contribution in [3.8, 4) is 11.5 Å². The van der Waals surface area contributed by atoms with Gasteiger partial charge in [-0.15, -0.1) is 0 Å². The van der Waals surface area contributed by atoms with Crippen LogP contribution in [0.25, 0.3) is 0 Å². The Morgan fingerprint density at radius 1 is 1.14 bits per heavy atom. The Bertz CT molecular complexity index is 584. The molecule has 2 nitrogen and oxygen atoms in total. The largest absolute Gasteiger partial charge is 0.454 e. The minimum Gasteiger partial charge on any atom is -0.454 e. The molecule has 0 aromatic heterocycles. The van der Waals surface area contributed by atoms with E-state index in [0.717, 1.165) is 12.1 Å². The minimum atomic E-state index is -0.367. The summed E-state index contributed by atoms with van der Waals surface area (Å²) in [6.07, 6.45) is 0. The van der Waals surface area contributed by atoms with Gasteiger partial charge < -0.3 is 10.1 Å². The van der Waals surface area contributed by atoms with E-state index in [1.807, 2.05) is 6.07 Å². The third kappa shape index (κ3) is 5.03. The molecule has 0 aliphatic carbocycles. The van der Waals surface area contributed by atoms with Gasteiger partial charge in [0.1, 0.15) is 5.75 Å². The normalized spacial score (nSPS) is 10.9. The van der Waals surface area contributed by atoms with Crippen LogP contribution in [0.4, 0.5) is 4.39 Å². The van der Waals surface area contributed by atoms with Crippen LogP contribution >= 0.6 is 11.6 Å². The van der Waals surface area contributed by atoms with Gasteiger partial charge in [0.25, 0.3) is 0 Å². The Morgan fingerprint density at radius 3 is 2.48 bits per heavy atom. The molecule has 2 rings (SSSR count). The second-order valence-electron chi connectivity index (χ2n) is 5.35. The molecule has 0 amide bonds. The van der Waals surface area contributed by atoms with Crippen LogP contribution in [0.15, 0.2) is 42.5 Å². The van der Waals surface area contributed by atoms with Gasteiger partial charge in [-0.3, -0.25) is 0 Å². The van der Waals surface area contributed by atoms with E-state index in [9.17, 15) is 4.39 Å². The van der Waals surface area contributed by atoms with Crippen LogP contribution in [0.2, 0.25) is 5.02 Å². The SMILES string of the molecule is CC(C)CNCc1ccc(Oc2ccc(Cl)cc2)c(F)c1. The molecule has 0 heterocycles. The topological polar surface area (TPSA) is 21.3 Å². The molecule has 112 valence electrons. The van der Waals surface area contributed by atoms with Gasteiger partial charge in [-0.1, -0.05) is 31.5 Å². The molecule has 0 atom stereocenters. The van der Waals surface area contributed by atoms with E-state index in [4.69, 9.17) is 16.3 Å². The van der Waals surface area contributed by atoms with Crippen LogP contribution in [0.1, 0.15) is 19.4 Å². The van der Waals surface area contributed by atoms with E-state index in [1.54, 1.807) is 30.3 Å². The molecule has 0 spiro atoms. The number of hydrogen-bond acceptors (Lipinski definition) is 2. The molecule has 0 unspecified atom stereocenters. The number of hydrogen-bond donors (Lipinski definition) is 1. The number of nitrogens with one attached hydrogen (secondary N) is 1. The van der Waals surface area contributed by atoms with Crippen molar-refractivity contribution in [2.24, 2.45) is 5.92 Å². The van der Waals surface area contributed by atoms with Gasteiger partial charge in [0.05, 0.1) is 0 Å². The van der Waals surface area contributed by atoms with Gasteiger partial charge in [0.15, 0.2) is 11.6 Å². The fourth-order valence-corrected chi connectivity index (χ4v) is 2.00. The molecule has 0 radical (unpaired) electrons. The first-order valence-corrected chi connectivity index (χ1v) is 7.35. The Labute approximate surface area is 129 Å². The van der Waals surface area contributed by atoms with Crippen molar-refractivity contribution in [3.05, 3.63) is 58.9 Å². The highest BCUT2D eigenvalue weighted by atomic mass is 35.5. The van der Waals surface area contributed by atoms with Gasteiger partial charge in [-0.2, -0.15) is 0 Å². The summed E-state index contributed by atoms with van der Waals surface area (Å²) in [6, 6.07) is 11.8. The number of ether oxygens (including phenoxy) is 1. The number of benzene rings is 2. The lowest BCUT2D eigenvalue weighted by Gasteiger charge is -2.10. The molecule has 0 saturated heterocycles. The highest BCUT2D eigenvalue weighted by Gasteiger charge is 2.06. The number of halogens is 2. The second kappa shape index (κ2) is 7.43. The van der Waals surface area contributed by atoms with Crippen molar-refractivity contribution in [1.29, 1.82) is 0 Å². The van der Waals surface area contributed by atoms with E-state index in [2.05, 4.69) is 19.2 Å². The standard InChI is InChI=1S/C17H19ClFNO/c1-12(2)10-20-11-13-3-8-17(16(19)9-13)21-15-6-4-14(18)5-7-15/h3-9,12,20H,10-11H2,1-2H3. The van der Waals surface area contributed by atoms with Crippen molar-refractivity contribution in [2.75, 3.05) is 6.54 Å². The summed E-state index contributed by atoms with van der Waals surface area (Å²) in [4.78, 5) is 0. The lowest BCUT2D eigenvalue weighted by molar-refractivity contribution is 0.441. The van der Waals surface area contributed by atoms with E-state index in [1.165, 1.54) is 6.07 Å². The summed E-state index contributed by atoms with van der Waals surface area (Å²) in [6.45, 7) is 5.83. The molecular formula is C17H19ClFNO. The zero-order valence-electron chi connectivity index (χ0n) is 12.2. The lowest BCUT2D eigenvalue weighted by Crippen LogP contribution is -2.18. The summed E-state index contributed by atoms with van der Waals surface area (Å²) in [5, 5.41) is 3.90. The highest BCUT2D eigenvalue weighted by Crippen LogP contribution is 2.26. The summed E-state index contributed by atoms with van der Waals surface area (Å²) in [7, 11) is 0. The molecule has 21 heavy (non-hydrogen) atoms. The fraction of sp³-hybridized carbons (Fsp3) is 0.294. The average molecular weight is 308 g/mol. The maximum atomic E-state index is 14.0. The first kappa shape index (κ1) is 15.8. The summed E-state index contributed by atoms with van der Waals surface area (Å²) in [5.74, 6) is 0.977. The minimum absolute atomic E-state index is 0.213. The average Bonchev–Trinajstić information content (AvgIpc) is 2.44. The third-order valence-electron chi connectivity index (χ3n) is 2.92. The van der Waals surface area contributed by atoms with Crippen LogP contribution in [-0.2, 0) is 6.54 Å². The van der Waals surface area contributed by atoms with Crippen LogP contribution in [-0.4, -0.2) is 6.54 Å². The van der Waals surface area contributed by atoms with Crippen molar-refractivity contribution in [2.45, 2.75) is 20.4 Å². The Morgan fingerprint density at radius 2 is 1.86 bits per heavy atom. The summed E-state index contributed by atoms with van der Waals surface area (Å²) in [5.41, 5.74) is 0.900. The predicted octanol–water partition coefficient (Wildman–Crippen LogP) is 5.02. The summed E-state index contributed by atoms with van der Waals surface area (Å²) >= 11 is 5.80. The maximum Gasteiger partial charge on any atom is 0.166 e. The molecular weight excluding hydrogens is 289 g/mol. The molecule has 0 aliphatic rings. The van der Waals surface area contributed by atoms with Crippen molar-refractivity contribution >= 4 is 11.6 Å². The first-order chi connectivity index (χ1) is 10.0. The zero-order valence-corrected chi connectivity index (χ0v) is 13.0. The Hall–Kier alpha value is -1.58. The van der Waals surface area contributed by atoms with E-state index >= 15 is 0 Å². The lowest BCUT2D eigenvalue weighted by atomic mass is 10.2. The zero-order chi connectivity index (χ0) is 15.2. The maximum absolute atomic E-state index is 14.0. The molecule has 2 aromatic carbocycles. The molecule has 0 saturated carbocycles. The molecule has 0 bridgehead atoms. The molecule has 1 N–H and O–H groups in total. The molecule has 0 aliphatic heterocycles. The number of rotatable bonds is 6. The first-order valence-electron chi connectivity index (χ1n) is 6.97. The second-order valence-corrected chi connectivity index (χ2v) is 5.78. The monoisotopic (exact) mass is 307 g/mol. The van der Waals surface area contributed by atoms with Crippen LogP contribution in [0.5, 0.6) is 11.5 Å².